The van der Waals surface area contributed by atoms with Crippen LogP contribution in [0.4, 0.5) is 0 Å². The molecule has 1 atom stereocenters. The highest BCUT2D eigenvalue weighted by Crippen LogP contribution is 2.16. The van der Waals surface area contributed by atoms with E-state index >= 15 is 0 Å². The Morgan fingerprint density at radius 3 is 2.44 bits per heavy atom. The monoisotopic (exact) mass is 228 g/mol. The minimum atomic E-state index is -0.786. The molecule has 1 heterocycles. The number of carbonyl (C=O) groups excluding carboxylic acids is 2. The maximum atomic E-state index is 11.9. The van der Waals surface area contributed by atoms with E-state index in [4.69, 9.17) is 5.11 Å². The summed E-state index contributed by atoms with van der Waals surface area (Å²) in [4.78, 5) is 24.5. The molecule has 5 heteroatoms. The molecule has 1 unspecified atom stereocenters. The first-order valence-corrected chi connectivity index (χ1v) is 5.71. The number of carbonyl (C=O) groups is 2. The van der Waals surface area contributed by atoms with Crippen molar-refractivity contribution in [3.8, 4) is 0 Å². The lowest BCUT2D eigenvalue weighted by atomic mass is 9.99. The Hall–Kier alpha value is -1.10. The third kappa shape index (κ3) is 3.48. The van der Waals surface area contributed by atoms with Gasteiger partial charge in [0.15, 0.2) is 0 Å². The zero-order valence-corrected chi connectivity index (χ0v) is 9.90. The van der Waals surface area contributed by atoms with Crippen molar-refractivity contribution in [3.05, 3.63) is 0 Å². The van der Waals surface area contributed by atoms with Crippen LogP contribution in [0, 0.1) is 5.92 Å². The van der Waals surface area contributed by atoms with E-state index in [2.05, 4.69) is 12.2 Å². The molecule has 0 bridgehead atoms. The second-order valence-electron chi connectivity index (χ2n) is 4.44. The van der Waals surface area contributed by atoms with Crippen LogP contribution in [0.5, 0.6) is 0 Å². The standard InChI is InChI=1S/C11H20N2O3/c1-8-3-5-13(6-4-8)11(16)10(7-14)12-9(2)15/h8,10,14H,3-7H2,1-2H3,(H,12,15). The van der Waals surface area contributed by atoms with Crippen LogP contribution in [0.1, 0.15) is 26.7 Å². The smallest absolute Gasteiger partial charge is 0.247 e. The predicted octanol–water partition coefficient (Wildman–Crippen LogP) is -0.258. The lowest BCUT2D eigenvalue weighted by molar-refractivity contribution is -0.138. The van der Waals surface area contributed by atoms with E-state index in [-0.39, 0.29) is 18.4 Å². The summed E-state index contributed by atoms with van der Waals surface area (Å²) in [6.45, 7) is 4.60. The van der Waals surface area contributed by atoms with E-state index in [1.807, 2.05) is 0 Å². The van der Waals surface area contributed by atoms with E-state index < -0.39 is 6.04 Å². The summed E-state index contributed by atoms with van der Waals surface area (Å²) >= 11 is 0. The summed E-state index contributed by atoms with van der Waals surface area (Å²) in [5.41, 5.74) is 0. The molecule has 0 aromatic rings. The number of amides is 2. The van der Waals surface area contributed by atoms with Crippen LogP contribution in [0.25, 0.3) is 0 Å². The molecular formula is C11H20N2O3. The van der Waals surface area contributed by atoms with E-state index in [0.717, 1.165) is 25.9 Å². The number of nitrogens with one attached hydrogen (secondary N) is 1. The number of aliphatic hydroxyl groups excluding tert-OH is 1. The molecular weight excluding hydrogens is 208 g/mol. The molecule has 0 saturated carbocycles. The van der Waals surface area contributed by atoms with Crippen LogP contribution in [-0.2, 0) is 9.59 Å². The number of aliphatic hydroxyl groups is 1. The molecule has 1 saturated heterocycles. The Bertz CT molecular complexity index is 260. The van der Waals surface area contributed by atoms with E-state index in [9.17, 15) is 9.59 Å². The van der Waals surface area contributed by atoms with Gasteiger partial charge >= 0.3 is 0 Å². The quantitative estimate of drug-likeness (QED) is 0.699. The van der Waals surface area contributed by atoms with Crippen LogP contribution < -0.4 is 5.32 Å². The number of piperidine rings is 1. The third-order valence-electron chi connectivity index (χ3n) is 2.95. The van der Waals surface area contributed by atoms with Gasteiger partial charge in [0.25, 0.3) is 0 Å². The summed E-state index contributed by atoms with van der Waals surface area (Å²) in [5.74, 6) is 0.180. The summed E-state index contributed by atoms with van der Waals surface area (Å²) in [5, 5.41) is 11.5. The van der Waals surface area contributed by atoms with Gasteiger partial charge in [0.05, 0.1) is 6.61 Å². The van der Waals surface area contributed by atoms with Crippen LogP contribution in [0.15, 0.2) is 0 Å². The van der Waals surface area contributed by atoms with Gasteiger partial charge in [0.2, 0.25) is 11.8 Å². The van der Waals surface area contributed by atoms with Crippen LogP contribution in [0.2, 0.25) is 0 Å². The van der Waals surface area contributed by atoms with Crippen LogP contribution in [0.3, 0.4) is 0 Å². The van der Waals surface area contributed by atoms with Crippen molar-refractivity contribution in [2.24, 2.45) is 5.92 Å². The van der Waals surface area contributed by atoms with Crippen molar-refractivity contribution < 1.29 is 14.7 Å². The molecule has 1 fully saturated rings. The molecule has 5 nitrogen and oxygen atoms in total. The van der Waals surface area contributed by atoms with Crippen molar-refractivity contribution in [1.29, 1.82) is 0 Å². The Labute approximate surface area is 95.8 Å². The summed E-state index contributed by atoms with van der Waals surface area (Å²) < 4.78 is 0. The van der Waals surface area contributed by atoms with Crippen molar-refractivity contribution in [1.82, 2.24) is 10.2 Å². The molecule has 0 aromatic heterocycles. The van der Waals surface area contributed by atoms with Crippen LogP contribution in [-0.4, -0.2) is 47.6 Å². The summed E-state index contributed by atoms with van der Waals surface area (Å²) in [6, 6.07) is -0.786. The van der Waals surface area contributed by atoms with Gasteiger partial charge in [-0.1, -0.05) is 6.92 Å². The molecule has 1 aliphatic heterocycles. The highest BCUT2D eigenvalue weighted by Gasteiger charge is 2.26. The topological polar surface area (TPSA) is 69.6 Å². The SMILES string of the molecule is CC(=O)NC(CO)C(=O)N1CCC(C)CC1. The normalized spacial score (nSPS) is 19.3. The van der Waals surface area contributed by atoms with Gasteiger partial charge in [0, 0.05) is 20.0 Å². The van der Waals surface area contributed by atoms with E-state index in [1.165, 1.54) is 6.92 Å². The van der Waals surface area contributed by atoms with Gasteiger partial charge in [0.1, 0.15) is 6.04 Å². The van der Waals surface area contributed by atoms with Crippen molar-refractivity contribution in [2.75, 3.05) is 19.7 Å². The molecule has 0 spiro atoms. The number of hydrogen-bond acceptors (Lipinski definition) is 3. The minimum Gasteiger partial charge on any atom is -0.394 e. The Kier molecular flexibility index (Phi) is 4.73. The zero-order chi connectivity index (χ0) is 12.1. The second-order valence-corrected chi connectivity index (χ2v) is 4.44. The lowest BCUT2D eigenvalue weighted by Crippen LogP contribution is -2.51. The molecule has 1 aliphatic rings. The average molecular weight is 228 g/mol. The van der Waals surface area contributed by atoms with Crippen molar-refractivity contribution in [3.63, 3.8) is 0 Å². The number of hydrogen-bond donors (Lipinski definition) is 2. The molecule has 0 radical (unpaired) electrons. The number of nitrogens with zero attached hydrogens (tertiary/aromatic N) is 1. The molecule has 0 aliphatic carbocycles. The first-order valence-electron chi connectivity index (χ1n) is 5.71. The van der Waals surface area contributed by atoms with Crippen LogP contribution >= 0.6 is 0 Å². The van der Waals surface area contributed by atoms with E-state index in [1.54, 1.807) is 4.90 Å². The van der Waals surface area contributed by atoms with Gasteiger partial charge in [-0.2, -0.15) is 0 Å². The molecule has 92 valence electrons. The third-order valence-corrected chi connectivity index (χ3v) is 2.95. The Morgan fingerprint density at radius 1 is 1.44 bits per heavy atom. The van der Waals surface area contributed by atoms with Crippen molar-refractivity contribution >= 4 is 11.8 Å². The van der Waals surface area contributed by atoms with Crippen molar-refractivity contribution in [2.45, 2.75) is 32.7 Å². The fourth-order valence-electron chi connectivity index (χ4n) is 1.88. The summed E-state index contributed by atoms with van der Waals surface area (Å²) in [7, 11) is 0. The van der Waals surface area contributed by atoms with E-state index in [0.29, 0.717) is 5.92 Å². The maximum Gasteiger partial charge on any atom is 0.247 e. The fourth-order valence-corrected chi connectivity index (χ4v) is 1.88. The Morgan fingerprint density at radius 2 is 2.00 bits per heavy atom. The first-order chi connectivity index (χ1) is 7.54. The fraction of sp³-hybridized carbons (Fsp3) is 0.818. The average Bonchev–Trinajstić information content (AvgIpc) is 2.25. The van der Waals surface area contributed by atoms with Gasteiger partial charge in [-0.3, -0.25) is 9.59 Å². The minimum absolute atomic E-state index is 0.176. The number of rotatable bonds is 3. The molecule has 2 amide bonds. The molecule has 0 aromatic carbocycles. The Balaban J connectivity index is 2.51. The second kappa shape index (κ2) is 5.84. The lowest BCUT2D eigenvalue weighted by Gasteiger charge is -2.32. The first kappa shape index (κ1) is 13.0. The summed E-state index contributed by atoms with van der Waals surface area (Å²) in [6.07, 6.45) is 1.98. The largest absolute Gasteiger partial charge is 0.394 e. The van der Waals surface area contributed by atoms with Gasteiger partial charge < -0.3 is 15.3 Å². The molecule has 16 heavy (non-hydrogen) atoms. The highest BCUT2D eigenvalue weighted by molar-refractivity contribution is 5.87. The number of likely N-dealkylation sites (tertiary alicyclic amines) is 1. The maximum absolute atomic E-state index is 11.9. The van der Waals surface area contributed by atoms with Gasteiger partial charge in [-0.25, -0.2) is 0 Å². The van der Waals surface area contributed by atoms with Gasteiger partial charge in [-0.05, 0) is 18.8 Å². The molecule has 1 rings (SSSR count). The highest BCUT2D eigenvalue weighted by atomic mass is 16.3. The van der Waals surface area contributed by atoms with Gasteiger partial charge in [-0.15, -0.1) is 0 Å². The zero-order valence-electron chi connectivity index (χ0n) is 9.90. The predicted molar refractivity (Wildman–Crippen MR) is 59.7 cm³/mol. The molecule has 2 N–H and O–H groups in total.